The maximum absolute atomic E-state index is 12.1. The summed E-state index contributed by atoms with van der Waals surface area (Å²) in [5.41, 5.74) is 7.13. The lowest BCUT2D eigenvalue weighted by Crippen LogP contribution is -2.34. The van der Waals surface area contributed by atoms with Crippen molar-refractivity contribution < 1.29 is 4.52 Å². The van der Waals surface area contributed by atoms with Gasteiger partial charge in [-0.2, -0.15) is 10.1 Å². The quantitative estimate of drug-likeness (QED) is 0.754. The van der Waals surface area contributed by atoms with Gasteiger partial charge in [-0.1, -0.05) is 48.3 Å². The van der Waals surface area contributed by atoms with Gasteiger partial charge in [0.15, 0.2) is 5.82 Å². The van der Waals surface area contributed by atoms with Crippen molar-refractivity contribution in [3.8, 4) is 11.6 Å². The normalized spacial score (nSPS) is 15.6. The van der Waals surface area contributed by atoms with E-state index < -0.39 is 5.54 Å². The second-order valence-corrected chi connectivity index (χ2v) is 6.49. The average Bonchev–Trinajstić information content (AvgIpc) is 3.28. The van der Waals surface area contributed by atoms with Crippen molar-refractivity contribution >= 4 is 12.4 Å². The Bertz CT molecular complexity index is 932. The Hall–Kier alpha value is -2.51. The van der Waals surface area contributed by atoms with Crippen LogP contribution in [0.2, 0.25) is 0 Å². The minimum Gasteiger partial charge on any atom is -0.332 e. The second-order valence-electron chi connectivity index (χ2n) is 6.49. The first-order valence-electron chi connectivity index (χ1n) is 8.40. The van der Waals surface area contributed by atoms with Crippen LogP contribution in [0.4, 0.5) is 0 Å². The number of aromatic nitrogens is 4. The Balaban J connectivity index is 0.00000196. The van der Waals surface area contributed by atoms with Gasteiger partial charge in [-0.15, -0.1) is 12.4 Å². The van der Waals surface area contributed by atoms with Gasteiger partial charge < -0.3 is 10.3 Å². The highest BCUT2D eigenvalue weighted by molar-refractivity contribution is 5.85. The van der Waals surface area contributed by atoms with Crippen molar-refractivity contribution in [2.24, 2.45) is 5.73 Å². The molecule has 4 rings (SSSR count). The van der Waals surface area contributed by atoms with E-state index in [1.54, 1.807) is 6.07 Å². The third-order valence-corrected chi connectivity index (χ3v) is 4.63. The maximum Gasteiger partial charge on any atom is 0.278 e. The summed E-state index contributed by atoms with van der Waals surface area (Å²) in [5, 5.41) is 8.41. The number of halogens is 1. The molecule has 0 unspecified atom stereocenters. The van der Waals surface area contributed by atoms with Crippen LogP contribution in [0, 0.1) is 0 Å². The lowest BCUT2D eigenvalue weighted by Gasteiger charge is -2.17. The summed E-state index contributed by atoms with van der Waals surface area (Å²) in [4.78, 5) is 16.5. The summed E-state index contributed by atoms with van der Waals surface area (Å²) in [6.45, 7) is 0.384. The van der Waals surface area contributed by atoms with Crippen molar-refractivity contribution in [1.29, 1.82) is 0 Å². The monoisotopic (exact) mass is 373 g/mol. The molecule has 0 spiro atoms. The highest BCUT2D eigenvalue weighted by atomic mass is 35.5. The molecule has 2 aromatic heterocycles. The van der Waals surface area contributed by atoms with Crippen LogP contribution in [0.1, 0.15) is 37.1 Å². The van der Waals surface area contributed by atoms with Gasteiger partial charge in [-0.25, -0.2) is 4.68 Å². The van der Waals surface area contributed by atoms with Crippen molar-refractivity contribution in [2.75, 3.05) is 0 Å². The summed E-state index contributed by atoms with van der Waals surface area (Å²) in [5.74, 6) is 0.802. The molecule has 1 aliphatic rings. The molecule has 8 heteroatoms. The molecule has 136 valence electrons. The fraction of sp³-hybridized carbons (Fsp3) is 0.333. The molecule has 0 amide bonds. The first-order valence-corrected chi connectivity index (χ1v) is 8.40. The van der Waals surface area contributed by atoms with Gasteiger partial charge in [0, 0.05) is 6.07 Å². The van der Waals surface area contributed by atoms with E-state index in [2.05, 4.69) is 15.2 Å². The Labute approximate surface area is 156 Å². The van der Waals surface area contributed by atoms with E-state index in [-0.39, 0.29) is 23.9 Å². The first kappa shape index (κ1) is 18.3. The smallest absolute Gasteiger partial charge is 0.278 e. The van der Waals surface area contributed by atoms with Crippen LogP contribution in [0.25, 0.3) is 11.6 Å². The van der Waals surface area contributed by atoms with Gasteiger partial charge in [0.1, 0.15) is 5.69 Å². The van der Waals surface area contributed by atoms with Gasteiger partial charge >= 0.3 is 0 Å². The summed E-state index contributed by atoms with van der Waals surface area (Å²) in [6.07, 6.45) is 3.85. The van der Waals surface area contributed by atoms with Gasteiger partial charge in [-0.3, -0.25) is 4.79 Å². The predicted molar refractivity (Wildman–Crippen MR) is 98.9 cm³/mol. The van der Waals surface area contributed by atoms with Crippen LogP contribution in [0.3, 0.4) is 0 Å². The fourth-order valence-corrected chi connectivity index (χ4v) is 3.19. The fourth-order valence-electron chi connectivity index (χ4n) is 3.19. The van der Waals surface area contributed by atoms with Crippen LogP contribution in [0.15, 0.2) is 51.8 Å². The van der Waals surface area contributed by atoms with Crippen LogP contribution in [-0.2, 0) is 12.1 Å². The van der Waals surface area contributed by atoms with E-state index in [0.29, 0.717) is 18.1 Å². The standard InChI is InChI=1S/C18H19N5O2.ClH/c19-18(10-4-5-11-18)17-20-16(25-22-17)14-8-9-15(24)23(21-14)12-13-6-2-1-3-7-13;/h1-3,6-9H,4-5,10-12,19H2;1H. The molecule has 0 radical (unpaired) electrons. The number of rotatable bonds is 4. The van der Waals surface area contributed by atoms with Gasteiger partial charge in [0.05, 0.1) is 12.1 Å². The second kappa shape index (κ2) is 7.39. The van der Waals surface area contributed by atoms with Crippen molar-refractivity contribution in [3.63, 3.8) is 0 Å². The Morgan fingerprint density at radius 1 is 1.12 bits per heavy atom. The van der Waals surface area contributed by atoms with E-state index in [4.69, 9.17) is 10.3 Å². The zero-order valence-electron chi connectivity index (χ0n) is 14.2. The summed E-state index contributed by atoms with van der Waals surface area (Å²) >= 11 is 0. The number of nitrogens with two attached hydrogens (primary N) is 1. The molecule has 1 aromatic carbocycles. The van der Waals surface area contributed by atoms with Crippen LogP contribution in [-0.4, -0.2) is 19.9 Å². The lowest BCUT2D eigenvalue weighted by molar-refractivity contribution is 0.372. The predicted octanol–water partition coefficient (Wildman–Crippen LogP) is 2.49. The minimum absolute atomic E-state index is 0. The third kappa shape index (κ3) is 3.54. The SMILES string of the molecule is Cl.NC1(c2noc(-c3ccc(=O)n(Cc4ccccc4)n3)n2)CCCC1. The average molecular weight is 374 g/mol. The van der Waals surface area contributed by atoms with E-state index in [1.807, 2.05) is 30.3 Å². The molecule has 26 heavy (non-hydrogen) atoms. The van der Waals surface area contributed by atoms with E-state index in [9.17, 15) is 4.79 Å². The Morgan fingerprint density at radius 3 is 2.58 bits per heavy atom. The molecule has 1 fully saturated rings. The lowest BCUT2D eigenvalue weighted by atomic mass is 9.99. The number of hydrogen-bond acceptors (Lipinski definition) is 6. The van der Waals surface area contributed by atoms with Crippen molar-refractivity contribution in [3.05, 3.63) is 64.2 Å². The van der Waals surface area contributed by atoms with E-state index in [0.717, 1.165) is 31.2 Å². The zero-order valence-corrected chi connectivity index (χ0v) is 15.0. The number of benzene rings is 1. The minimum atomic E-state index is -0.514. The van der Waals surface area contributed by atoms with E-state index in [1.165, 1.54) is 10.7 Å². The zero-order chi connectivity index (χ0) is 17.3. The molecular formula is C18H20ClN5O2. The molecule has 0 aliphatic heterocycles. The summed E-state index contributed by atoms with van der Waals surface area (Å²) in [7, 11) is 0. The molecule has 3 aromatic rings. The van der Waals surface area contributed by atoms with Crippen LogP contribution >= 0.6 is 12.4 Å². The summed E-state index contributed by atoms with van der Waals surface area (Å²) in [6, 6.07) is 12.7. The van der Waals surface area contributed by atoms with E-state index >= 15 is 0 Å². The summed E-state index contributed by atoms with van der Waals surface area (Å²) < 4.78 is 6.75. The molecule has 1 aliphatic carbocycles. The highest BCUT2D eigenvalue weighted by Crippen LogP contribution is 2.35. The molecular weight excluding hydrogens is 354 g/mol. The molecule has 2 N–H and O–H groups in total. The molecule has 0 saturated heterocycles. The van der Waals surface area contributed by atoms with Crippen LogP contribution < -0.4 is 11.3 Å². The van der Waals surface area contributed by atoms with Gasteiger partial charge in [0.25, 0.3) is 11.4 Å². The Morgan fingerprint density at radius 2 is 1.85 bits per heavy atom. The molecule has 0 atom stereocenters. The first-order chi connectivity index (χ1) is 12.1. The topological polar surface area (TPSA) is 99.8 Å². The molecule has 2 heterocycles. The third-order valence-electron chi connectivity index (χ3n) is 4.63. The van der Waals surface area contributed by atoms with Gasteiger partial charge in [-0.05, 0) is 24.5 Å². The molecule has 1 saturated carbocycles. The number of hydrogen-bond donors (Lipinski definition) is 1. The largest absolute Gasteiger partial charge is 0.332 e. The number of nitrogens with zero attached hydrogens (tertiary/aromatic N) is 4. The molecule has 7 nitrogen and oxygen atoms in total. The van der Waals surface area contributed by atoms with Crippen molar-refractivity contribution in [1.82, 2.24) is 19.9 Å². The molecule has 0 bridgehead atoms. The maximum atomic E-state index is 12.1. The Kier molecular flexibility index (Phi) is 5.20. The van der Waals surface area contributed by atoms with Crippen molar-refractivity contribution in [2.45, 2.75) is 37.8 Å². The van der Waals surface area contributed by atoms with Crippen LogP contribution in [0.5, 0.6) is 0 Å². The van der Waals surface area contributed by atoms with Gasteiger partial charge in [0.2, 0.25) is 0 Å². The highest BCUT2D eigenvalue weighted by Gasteiger charge is 2.36.